The molecule has 1 aliphatic carbocycles. The van der Waals surface area contributed by atoms with Crippen molar-refractivity contribution in [2.45, 2.75) is 12.8 Å². The standard InChI is InChI=1S/C14H15OP/c1-15-11-4-5-12-10(9-11)3-6-14-13(12)7-8-16(14)2/h4-5,7-9H,3,6H2,1-2H3/p+1. The van der Waals surface area contributed by atoms with Crippen molar-refractivity contribution >= 4 is 13.5 Å². The topological polar surface area (TPSA) is 9.23 Å². The van der Waals surface area contributed by atoms with Gasteiger partial charge in [0.1, 0.15) is 5.75 Å². The Kier molecular flexibility index (Phi) is 2.37. The normalized spacial score (nSPS) is 22.0. The molecule has 1 aromatic carbocycles. The van der Waals surface area contributed by atoms with Crippen molar-refractivity contribution in [2.75, 3.05) is 13.8 Å². The first kappa shape index (κ1) is 10.1. The maximum atomic E-state index is 5.29. The van der Waals surface area contributed by atoms with Crippen LogP contribution in [0, 0.1) is 0 Å². The van der Waals surface area contributed by atoms with E-state index in [4.69, 9.17) is 4.74 Å². The van der Waals surface area contributed by atoms with E-state index in [0.717, 1.165) is 5.75 Å². The van der Waals surface area contributed by atoms with Crippen LogP contribution in [0.1, 0.15) is 17.5 Å². The summed E-state index contributed by atoms with van der Waals surface area (Å²) in [6.45, 7) is 2.39. The van der Waals surface area contributed by atoms with Gasteiger partial charge in [-0.25, -0.2) is 0 Å². The van der Waals surface area contributed by atoms with E-state index in [1.165, 1.54) is 29.5 Å². The van der Waals surface area contributed by atoms with Crippen LogP contribution >= 0.6 is 7.92 Å². The van der Waals surface area contributed by atoms with Crippen molar-refractivity contribution in [1.82, 2.24) is 0 Å². The van der Waals surface area contributed by atoms with Gasteiger partial charge in [-0.3, -0.25) is 0 Å². The van der Waals surface area contributed by atoms with Crippen molar-refractivity contribution < 1.29 is 4.74 Å². The molecule has 1 unspecified atom stereocenters. The lowest BCUT2D eigenvalue weighted by atomic mass is 9.90. The first-order valence-electron chi connectivity index (χ1n) is 5.72. The third-order valence-corrected chi connectivity index (χ3v) is 5.69. The molecule has 0 amide bonds. The zero-order valence-electron chi connectivity index (χ0n) is 9.71. The summed E-state index contributed by atoms with van der Waals surface area (Å²) in [5.74, 6) is 3.39. The number of hydrogen-bond donors (Lipinski definition) is 0. The van der Waals surface area contributed by atoms with E-state index in [1.54, 1.807) is 12.4 Å². The summed E-state index contributed by atoms with van der Waals surface area (Å²) >= 11 is 0. The zero-order chi connectivity index (χ0) is 11.1. The van der Waals surface area contributed by atoms with Gasteiger partial charge in [0.15, 0.2) is 0 Å². The Labute approximate surface area is 97.6 Å². The highest BCUT2D eigenvalue weighted by Crippen LogP contribution is 2.56. The molecule has 0 spiro atoms. The van der Waals surface area contributed by atoms with Gasteiger partial charge in [0.05, 0.1) is 32.8 Å². The quantitative estimate of drug-likeness (QED) is 0.669. The van der Waals surface area contributed by atoms with Gasteiger partial charge in [-0.1, -0.05) is 6.07 Å². The fraction of sp³-hybridized carbons (Fsp3) is 0.286. The van der Waals surface area contributed by atoms with E-state index in [9.17, 15) is 0 Å². The SMILES string of the molecule is COc1ccc2c(c1)CCC1=C2C=C[PH+]1C. The number of rotatable bonds is 1. The minimum atomic E-state index is -0.345. The first-order valence-corrected chi connectivity index (χ1v) is 7.80. The summed E-state index contributed by atoms with van der Waals surface area (Å²) in [6.07, 6.45) is 4.75. The molecule has 0 radical (unpaired) electrons. The summed E-state index contributed by atoms with van der Waals surface area (Å²) in [5.41, 5.74) is 4.37. The van der Waals surface area contributed by atoms with Crippen LogP contribution < -0.4 is 4.74 Å². The second-order valence-electron chi connectivity index (χ2n) is 4.43. The average molecular weight is 231 g/mol. The Balaban J connectivity index is 2.12. The Bertz CT molecular complexity index is 499. The minimum Gasteiger partial charge on any atom is -0.497 e. The molecule has 1 heterocycles. The Morgan fingerprint density at radius 2 is 2.12 bits per heavy atom. The summed E-state index contributed by atoms with van der Waals surface area (Å²) in [4.78, 5) is 0. The van der Waals surface area contributed by atoms with E-state index >= 15 is 0 Å². The Morgan fingerprint density at radius 1 is 1.25 bits per heavy atom. The van der Waals surface area contributed by atoms with Crippen LogP contribution in [-0.4, -0.2) is 13.8 Å². The van der Waals surface area contributed by atoms with Crippen molar-refractivity contribution in [3.05, 3.63) is 46.5 Å². The van der Waals surface area contributed by atoms with Gasteiger partial charge < -0.3 is 4.74 Å². The van der Waals surface area contributed by atoms with Crippen molar-refractivity contribution in [2.24, 2.45) is 0 Å². The molecule has 2 heteroatoms. The van der Waals surface area contributed by atoms with Crippen LogP contribution in [-0.2, 0) is 6.42 Å². The molecule has 1 atom stereocenters. The van der Waals surface area contributed by atoms with Crippen LogP contribution in [0.5, 0.6) is 5.75 Å². The number of allylic oxidation sites excluding steroid dienone is 3. The van der Waals surface area contributed by atoms with Crippen molar-refractivity contribution in [1.29, 1.82) is 0 Å². The van der Waals surface area contributed by atoms with Gasteiger partial charge >= 0.3 is 0 Å². The van der Waals surface area contributed by atoms with E-state index < -0.39 is 0 Å². The van der Waals surface area contributed by atoms with E-state index in [-0.39, 0.29) is 7.92 Å². The molecule has 3 rings (SSSR count). The number of hydrogen-bond acceptors (Lipinski definition) is 1. The number of ether oxygens (including phenoxy) is 1. The second kappa shape index (κ2) is 3.75. The van der Waals surface area contributed by atoms with Gasteiger partial charge in [-0.2, -0.15) is 0 Å². The fourth-order valence-corrected chi connectivity index (χ4v) is 4.41. The summed E-state index contributed by atoms with van der Waals surface area (Å²) in [5, 5.41) is 1.71. The lowest BCUT2D eigenvalue weighted by molar-refractivity contribution is 0.414. The molecule has 1 aromatic rings. The van der Waals surface area contributed by atoms with Crippen molar-refractivity contribution in [3.8, 4) is 5.75 Å². The molecule has 0 N–H and O–H groups in total. The summed E-state index contributed by atoms with van der Waals surface area (Å²) < 4.78 is 5.29. The summed E-state index contributed by atoms with van der Waals surface area (Å²) in [6, 6.07) is 6.48. The summed E-state index contributed by atoms with van der Waals surface area (Å²) in [7, 11) is 1.39. The molecule has 0 aromatic heterocycles. The largest absolute Gasteiger partial charge is 0.497 e. The number of aryl methyl sites for hydroxylation is 1. The van der Waals surface area contributed by atoms with Crippen molar-refractivity contribution in [3.63, 3.8) is 0 Å². The van der Waals surface area contributed by atoms with Crippen LogP contribution in [0.25, 0.3) is 5.57 Å². The highest BCUT2D eigenvalue weighted by atomic mass is 31.1. The second-order valence-corrected chi connectivity index (χ2v) is 6.73. The highest BCUT2D eigenvalue weighted by Gasteiger charge is 2.29. The first-order chi connectivity index (χ1) is 7.79. The third-order valence-electron chi connectivity index (χ3n) is 3.55. The number of methoxy groups -OCH3 is 1. The molecule has 1 aliphatic heterocycles. The number of benzene rings is 1. The number of fused-ring (bicyclic) bond motifs is 2. The van der Waals surface area contributed by atoms with Crippen LogP contribution in [0.4, 0.5) is 0 Å². The predicted octanol–water partition coefficient (Wildman–Crippen LogP) is 3.72. The average Bonchev–Trinajstić information content (AvgIpc) is 2.70. The van der Waals surface area contributed by atoms with Crippen LogP contribution in [0.2, 0.25) is 0 Å². The van der Waals surface area contributed by atoms with Gasteiger partial charge in [-0.05, 0) is 35.8 Å². The molecule has 0 saturated heterocycles. The molecular formula is C14H16OP+. The monoisotopic (exact) mass is 231 g/mol. The minimum absolute atomic E-state index is 0.345. The van der Waals surface area contributed by atoms with Gasteiger partial charge in [0.25, 0.3) is 0 Å². The highest BCUT2D eigenvalue weighted by molar-refractivity contribution is 7.65. The van der Waals surface area contributed by atoms with E-state index in [1.807, 2.05) is 0 Å². The molecular weight excluding hydrogens is 215 g/mol. The van der Waals surface area contributed by atoms with E-state index in [2.05, 4.69) is 36.8 Å². The third kappa shape index (κ3) is 1.43. The van der Waals surface area contributed by atoms with Gasteiger partial charge in [-0.15, -0.1) is 0 Å². The molecule has 1 nitrogen and oxygen atoms in total. The van der Waals surface area contributed by atoms with Gasteiger partial charge in [0, 0.05) is 12.0 Å². The molecule has 0 saturated carbocycles. The van der Waals surface area contributed by atoms with Gasteiger partial charge in [0.2, 0.25) is 0 Å². The maximum Gasteiger partial charge on any atom is 0.119 e. The van der Waals surface area contributed by atoms with E-state index in [0.29, 0.717) is 0 Å². The molecule has 2 aliphatic rings. The van der Waals surface area contributed by atoms with Crippen LogP contribution in [0.15, 0.2) is 35.4 Å². The molecule has 0 bridgehead atoms. The zero-order valence-corrected chi connectivity index (χ0v) is 10.7. The Hall–Kier alpha value is -1.07. The molecule has 0 fully saturated rings. The predicted molar refractivity (Wildman–Crippen MR) is 71.6 cm³/mol. The lowest BCUT2D eigenvalue weighted by Crippen LogP contribution is -2.01. The smallest absolute Gasteiger partial charge is 0.119 e. The Morgan fingerprint density at radius 3 is 2.94 bits per heavy atom. The lowest BCUT2D eigenvalue weighted by Gasteiger charge is -2.17. The fourth-order valence-electron chi connectivity index (χ4n) is 2.63. The van der Waals surface area contributed by atoms with Crippen LogP contribution in [0.3, 0.4) is 0 Å². The maximum absolute atomic E-state index is 5.29. The molecule has 16 heavy (non-hydrogen) atoms. The molecule has 82 valence electrons.